The van der Waals surface area contributed by atoms with Gasteiger partial charge in [-0.15, -0.1) is 0 Å². The molecule has 0 unspecified atom stereocenters. The van der Waals surface area contributed by atoms with Crippen molar-refractivity contribution in [2.75, 3.05) is 7.05 Å². The van der Waals surface area contributed by atoms with Crippen molar-refractivity contribution in [1.82, 2.24) is 0 Å². The van der Waals surface area contributed by atoms with Gasteiger partial charge in [-0.25, -0.2) is 0 Å². The van der Waals surface area contributed by atoms with Gasteiger partial charge in [0.1, 0.15) is 0 Å². The van der Waals surface area contributed by atoms with Crippen LogP contribution in [-0.2, 0) is 0 Å². The molecule has 0 aromatic heterocycles. The van der Waals surface area contributed by atoms with Gasteiger partial charge in [0.15, 0.2) is 0 Å². The van der Waals surface area contributed by atoms with Crippen LogP contribution in [0.25, 0.3) is 0 Å². The minimum absolute atomic E-state index is 0. The fourth-order valence-corrected chi connectivity index (χ4v) is 0. The van der Waals surface area contributed by atoms with E-state index < -0.39 is 0 Å². The van der Waals surface area contributed by atoms with Gasteiger partial charge < -0.3 is 16.6 Å². The van der Waals surface area contributed by atoms with Crippen molar-refractivity contribution in [3.63, 3.8) is 0 Å². The minimum atomic E-state index is 0. The Labute approximate surface area is 122 Å². The summed E-state index contributed by atoms with van der Waals surface area (Å²) >= 11 is 0. The monoisotopic (exact) mass is 276 g/mol. The van der Waals surface area contributed by atoms with Gasteiger partial charge in [0.25, 0.3) is 0 Å². The smallest absolute Gasteiger partial charge is 0.0794 e. The molecule has 120 valence electrons. The predicted molar refractivity (Wildman–Crippen MR) is 95.4 cm³/mol. The molecule has 0 bridgehead atoms. The van der Waals surface area contributed by atoms with E-state index in [2.05, 4.69) is 32.7 Å². The molecule has 0 saturated heterocycles. The number of nitrogens with one attached hydrogen (secondary N) is 2. The van der Waals surface area contributed by atoms with E-state index >= 15 is 0 Å². The molecule has 0 saturated carbocycles. The van der Waals surface area contributed by atoms with Gasteiger partial charge in [0, 0.05) is 12.8 Å². The second-order valence-corrected chi connectivity index (χ2v) is 3.40. The van der Waals surface area contributed by atoms with E-state index in [1.807, 2.05) is 0 Å². The third kappa shape index (κ3) is 5620. The molecule has 0 aliphatic carbocycles. The summed E-state index contributed by atoms with van der Waals surface area (Å²) in [5.74, 6) is 0. The Bertz CT molecular complexity index is 133. The van der Waals surface area contributed by atoms with Crippen molar-refractivity contribution in [3.05, 3.63) is 0 Å². The Morgan fingerprint density at radius 1 is 1.11 bits per heavy atom. The summed E-state index contributed by atoms with van der Waals surface area (Å²) in [5, 5.41) is 12.6. The van der Waals surface area contributed by atoms with Gasteiger partial charge in [-0.05, 0) is 27.0 Å². The normalized spacial score (nSPS) is 6.53. The summed E-state index contributed by atoms with van der Waals surface area (Å²) in [4.78, 5) is 3.39. The Morgan fingerprint density at radius 2 is 1.21 bits per heavy atom. The van der Waals surface area contributed by atoms with Crippen LogP contribution in [0.2, 0.25) is 0 Å². The molecule has 0 fully saturated rings. The lowest BCUT2D eigenvalue weighted by molar-refractivity contribution is 0.886. The molecule has 0 aliphatic rings. The summed E-state index contributed by atoms with van der Waals surface area (Å²) in [5.41, 5.74) is 5.40. The van der Waals surface area contributed by atoms with E-state index in [1.165, 1.54) is 31.8 Å². The van der Waals surface area contributed by atoms with E-state index in [0.29, 0.717) is 5.71 Å². The molecule has 4 N–H and O–H groups in total. The largest absolute Gasteiger partial charge is 0.390 e. The summed E-state index contributed by atoms with van der Waals surface area (Å²) in [6.07, 6.45) is 6.39. The third-order valence-corrected chi connectivity index (χ3v) is 0.649. The highest BCUT2D eigenvalue weighted by Crippen LogP contribution is 1.76. The average molecular weight is 277 g/mol. The van der Waals surface area contributed by atoms with Gasteiger partial charge in [-0.1, -0.05) is 54.4 Å². The number of rotatable bonds is 1. The first-order valence-electron chi connectivity index (χ1n) is 6.48. The standard InChI is InChI=1S/C4H10.C3H7N.C3H8.C2H6N2.C2H5N.CH4/c1-3-4-2;1-3(2)4;1-3-2;1-4-2-3;1-2-3;/h3-4H2,1-2H3;4H,1-2H3;3H2,1-2H3;2H,1H3,(H2,3,4);2-3H,1H3;1H4. The maximum atomic E-state index is 6.50. The Morgan fingerprint density at radius 3 is 1.21 bits per heavy atom. The maximum Gasteiger partial charge on any atom is 0.0794 e. The lowest BCUT2D eigenvalue weighted by Crippen LogP contribution is -1.84. The summed E-state index contributed by atoms with van der Waals surface area (Å²) in [6, 6.07) is 0. The second kappa shape index (κ2) is 68.9. The molecule has 0 spiro atoms. The van der Waals surface area contributed by atoms with Crippen LogP contribution < -0.4 is 5.73 Å². The zero-order chi connectivity index (χ0) is 15.8. The second-order valence-electron chi connectivity index (χ2n) is 3.40. The highest BCUT2D eigenvalue weighted by molar-refractivity contribution is 5.75. The van der Waals surface area contributed by atoms with Gasteiger partial charge in [-0.2, -0.15) is 0 Å². The van der Waals surface area contributed by atoms with E-state index in [1.54, 1.807) is 27.8 Å². The lowest BCUT2D eigenvalue weighted by atomic mass is 10.4. The maximum absolute atomic E-state index is 6.50. The molecule has 0 atom stereocenters. The first-order chi connectivity index (χ1) is 8.39. The van der Waals surface area contributed by atoms with Crippen LogP contribution in [0.5, 0.6) is 0 Å². The topological polar surface area (TPSA) is 86.1 Å². The Kier molecular flexibility index (Phi) is 131. The molecule has 19 heavy (non-hydrogen) atoms. The van der Waals surface area contributed by atoms with E-state index in [-0.39, 0.29) is 7.43 Å². The van der Waals surface area contributed by atoms with Gasteiger partial charge >= 0.3 is 0 Å². The van der Waals surface area contributed by atoms with Crippen LogP contribution in [0.15, 0.2) is 4.99 Å². The zero-order valence-electron chi connectivity index (χ0n) is 13.8. The molecule has 0 amide bonds. The number of hydrogen-bond donors (Lipinski definition) is 3. The van der Waals surface area contributed by atoms with Crippen molar-refractivity contribution >= 4 is 18.3 Å². The van der Waals surface area contributed by atoms with E-state index in [9.17, 15) is 0 Å². The van der Waals surface area contributed by atoms with Crippen LogP contribution in [-0.4, -0.2) is 25.3 Å². The molecule has 0 aromatic carbocycles. The van der Waals surface area contributed by atoms with Crippen LogP contribution in [0.4, 0.5) is 0 Å². The number of nitrogens with two attached hydrogens (primary N) is 1. The minimum Gasteiger partial charge on any atom is -0.390 e. The highest BCUT2D eigenvalue weighted by Gasteiger charge is 1.56. The van der Waals surface area contributed by atoms with Crippen LogP contribution in [0, 0.1) is 10.8 Å². The van der Waals surface area contributed by atoms with Gasteiger partial charge in [-0.3, -0.25) is 4.99 Å². The van der Waals surface area contributed by atoms with Gasteiger partial charge in [0.2, 0.25) is 0 Å². The van der Waals surface area contributed by atoms with Gasteiger partial charge in [0.05, 0.1) is 6.34 Å². The van der Waals surface area contributed by atoms with Crippen molar-refractivity contribution in [2.24, 2.45) is 10.7 Å². The molecule has 0 aliphatic heterocycles. The van der Waals surface area contributed by atoms with E-state index in [4.69, 9.17) is 16.6 Å². The van der Waals surface area contributed by atoms with Crippen LogP contribution in [0.3, 0.4) is 0 Å². The SMILES string of the molecule is C.CC(C)=N.CC=N.CCC.CCCC.CN=CN. The average Bonchev–Trinajstić information content (AvgIpc) is 2.30. The van der Waals surface area contributed by atoms with Crippen molar-refractivity contribution in [2.45, 2.75) is 75.2 Å². The molecular formula is C15H40N4. The number of nitrogens with zero attached hydrogens (tertiary/aromatic N) is 1. The molecule has 0 heterocycles. The first kappa shape index (κ1) is 36.1. The van der Waals surface area contributed by atoms with Crippen molar-refractivity contribution < 1.29 is 0 Å². The third-order valence-electron chi connectivity index (χ3n) is 0.649. The Hall–Kier alpha value is -1.19. The summed E-state index contributed by atoms with van der Waals surface area (Å²) in [6.45, 7) is 13.8. The zero-order valence-corrected chi connectivity index (χ0v) is 13.8. The molecule has 4 nitrogen and oxygen atoms in total. The number of aliphatic imine (C=N–C) groups is 1. The molecule has 0 rings (SSSR count). The number of hydrogen-bond acceptors (Lipinski definition) is 3. The molecule has 0 aromatic rings. The lowest BCUT2D eigenvalue weighted by Gasteiger charge is -1.68. The van der Waals surface area contributed by atoms with Crippen LogP contribution >= 0.6 is 0 Å². The highest BCUT2D eigenvalue weighted by atomic mass is 14.7. The quantitative estimate of drug-likeness (QED) is 0.448. The molecular weight excluding hydrogens is 236 g/mol. The first-order valence-corrected chi connectivity index (χ1v) is 6.48. The number of unbranched alkanes of at least 4 members (excludes halogenated alkanes) is 1. The fourth-order valence-electron chi connectivity index (χ4n) is 0. The predicted octanol–water partition coefficient (Wildman–Crippen LogP) is 5.16. The fraction of sp³-hybridized carbons (Fsp3) is 0.800. The summed E-state index contributed by atoms with van der Waals surface area (Å²) in [7, 11) is 1.62. The molecule has 0 radical (unpaired) electrons. The van der Waals surface area contributed by atoms with E-state index in [0.717, 1.165) is 0 Å². The van der Waals surface area contributed by atoms with Crippen molar-refractivity contribution in [1.29, 1.82) is 10.8 Å². The molecule has 4 heteroatoms. The Balaban J connectivity index is -0.0000000276. The summed E-state index contributed by atoms with van der Waals surface area (Å²) < 4.78 is 0. The van der Waals surface area contributed by atoms with Crippen LogP contribution in [0.1, 0.15) is 75.2 Å². The van der Waals surface area contributed by atoms with Crippen molar-refractivity contribution in [3.8, 4) is 0 Å².